The fourth-order valence-corrected chi connectivity index (χ4v) is 3.26. The summed E-state index contributed by atoms with van der Waals surface area (Å²) in [5, 5.41) is 11.9. The first-order valence-corrected chi connectivity index (χ1v) is 9.02. The molecule has 3 rings (SSSR count). The van der Waals surface area contributed by atoms with Gasteiger partial charge in [-0.25, -0.2) is 9.59 Å². The molecule has 1 heterocycles. The van der Waals surface area contributed by atoms with Crippen molar-refractivity contribution in [1.82, 2.24) is 4.90 Å². The molecule has 1 aliphatic heterocycles. The van der Waals surface area contributed by atoms with Gasteiger partial charge < -0.3 is 20.2 Å². The maximum atomic E-state index is 13.0. The zero-order chi connectivity index (χ0) is 21.0. The highest BCUT2D eigenvalue weighted by atomic mass is 19.4. The van der Waals surface area contributed by atoms with Crippen molar-refractivity contribution in [2.24, 2.45) is 0 Å². The van der Waals surface area contributed by atoms with Gasteiger partial charge in [-0.2, -0.15) is 13.2 Å². The van der Waals surface area contributed by atoms with Gasteiger partial charge in [-0.15, -0.1) is 0 Å². The van der Waals surface area contributed by atoms with Crippen LogP contribution in [-0.4, -0.2) is 54.4 Å². The van der Waals surface area contributed by atoms with Gasteiger partial charge in [0.05, 0.1) is 12.0 Å². The molecule has 2 aromatic rings. The third-order valence-electron chi connectivity index (χ3n) is 4.65. The Balaban J connectivity index is 1.69. The lowest BCUT2D eigenvalue weighted by Gasteiger charge is -2.37. The second-order valence-corrected chi connectivity index (χ2v) is 6.71. The maximum absolute atomic E-state index is 13.0. The summed E-state index contributed by atoms with van der Waals surface area (Å²) < 4.78 is 38.9. The standard InChI is InChI=1S/C20H20F3N3O3/c21-20(22,23)13-15-12-14(18(27)28)6-7-17(15)25-8-10-26(11-9-25)19(29)24-16-4-2-1-3-5-16/h1-7,12H,8-11,13H2,(H,24,29)(H,27,28). The fourth-order valence-electron chi connectivity index (χ4n) is 3.26. The molecule has 6 nitrogen and oxygen atoms in total. The van der Waals surface area contributed by atoms with Gasteiger partial charge in [-0.05, 0) is 35.9 Å². The van der Waals surface area contributed by atoms with Crippen LogP contribution in [0.4, 0.5) is 29.3 Å². The van der Waals surface area contributed by atoms with Crippen molar-refractivity contribution < 1.29 is 27.9 Å². The zero-order valence-corrected chi connectivity index (χ0v) is 15.4. The summed E-state index contributed by atoms with van der Waals surface area (Å²) in [7, 11) is 0. The number of benzene rings is 2. The number of para-hydroxylation sites is 1. The van der Waals surface area contributed by atoms with E-state index in [1.807, 2.05) is 6.07 Å². The summed E-state index contributed by atoms with van der Waals surface area (Å²) in [4.78, 5) is 26.8. The SMILES string of the molecule is O=C(O)c1ccc(N2CCN(C(=O)Nc3ccccc3)CC2)c(CC(F)(F)F)c1. The summed E-state index contributed by atoms with van der Waals surface area (Å²) in [6, 6.07) is 12.5. The van der Waals surface area contributed by atoms with Gasteiger partial charge in [0.1, 0.15) is 0 Å². The number of rotatable bonds is 4. The Bertz CT molecular complexity index is 880. The van der Waals surface area contributed by atoms with Crippen LogP contribution in [0.25, 0.3) is 0 Å². The Kier molecular flexibility index (Phi) is 5.95. The molecule has 2 aromatic carbocycles. The zero-order valence-electron chi connectivity index (χ0n) is 15.4. The Labute approximate surface area is 165 Å². The number of anilines is 2. The lowest BCUT2D eigenvalue weighted by atomic mass is 10.0. The minimum absolute atomic E-state index is 0.0837. The number of carboxylic acids is 1. The number of aromatic carboxylic acids is 1. The number of alkyl halides is 3. The Morgan fingerprint density at radius 1 is 1.00 bits per heavy atom. The topological polar surface area (TPSA) is 72.9 Å². The second kappa shape index (κ2) is 8.42. The highest BCUT2D eigenvalue weighted by molar-refractivity contribution is 5.90. The van der Waals surface area contributed by atoms with Crippen molar-refractivity contribution in [3.63, 3.8) is 0 Å². The number of carbonyl (C=O) groups is 2. The van der Waals surface area contributed by atoms with Crippen LogP contribution < -0.4 is 10.2 Å². The Morgan fingerprint density at radius 2 is 1.66 bits per heavy atom. The third-order valence-corrected chi connectivity index (χ3v) is 4.65. The molecule has 0 radical (unpaired) electrons. The molecule has 9 heteroatoms. The molecule has 2 N–H and O–H groups in total. The number of carbonyl (C=O) groups excluding carboxylic acids is 1. The normalized spacial score (nSPS) is 14.6. The molecule has 1 aliphatic rings. The van der Waals surface area contributed by atoms with Crippen LogP contribution in [0.3, 0.4) is 0 Å². The van der Waals surface area contributed by atoms with E-state index in [0.29, 0.717) is 37.6 Å². The van der Waals surface area contributed by atoms with Crippen molar-refractivity contribution in [3.8, 4) is 0 Å². The highest BCUT2D eigenvalue weighted by Crippen LogP contribution is 2.30. The van der Waals surface area contributed by atoms with E-state index in [0.717, 1.165) is 6.07 Å². The molecule has 0 spiro atoms. The second-order valence-electron chi connectivity index (χ2n) is 6.71. The van der Waals surface area contributed by atoms with E-state index < -0.39 is 18.6 Å². The molecule has 0 saturated carbocycles. The van der Waals surface area contributed by atoms with E-state index in [9.17, 15) is 22.8 Å². The average molecular weight is 407 g/mol. The minimum atomic E-state index is -4.46. The van der Waals surface area contributed by atoms with E-state index in [1.54, 1.807) is 34.1 Å². The predicted molar refractivity (Wildman–Crippen MR) is 102 cm³/mol. The van der Waals surface area contributed by atoms with Gasteiger partial charge in [0.2, 0.25) is 0 Å². The van der Waals surface area contributed by atoms with E-state index in [1.165, 1.54) is 12.1 Å². The number of carboxylic acid groups (broad SMARTS) is 1. The summed E-state index contributed by atoms with van der Waals surface area (Å²) in [5.74, 6) is -1.28. The number of hydrogen-bond donors (Lipinski definition) is 2. The molecule has 1 fully saturated rings. The van der Waals surface area contributed by atoms with Crippen molar-refractivity contribution in [3.05, 3.63) is 59.7 Å². The minimum Gasteiger partial charge on any atom is -0.478 e. The molecule has 1 saturated heterocycles. The van der Waals surface area contributed by atoms with Crippen LogP contribution in [-0.2, 0) is 6.42 Å². The summed E-state index contributed by atoms with van der Waals surface area (Å²) in [6.45, 7) is 1.37. The van der Waals surface area contributed by atoms with E-state index in [-0.39, 0.29) is 17.2 Å². The number of amides is 2. The summed E-state index contributed by atoms with van der Waals surface area (Å²) >= 11 is 0. The van der Waals surface area contributed by atoms with Crippen molar-refractivity contribution in [2.45, 2.75) is 12.6 Å². The average Bonchev–Trinajstić information content (AvgIpc) is 2.67. The molecule has 2 amide bonds. The molecular formula is C20H20F3N3O3. The van der Waals surface area contributed by atoms with Gasteiger partial charge in [0, 0.05) is 37.6 Å². The number of urea groups is 1. The monoisotopic (exact) mass is 407 g/mol. The van der Waals surface area contributed by atoms with Crippen molar-refractivity contribution >= 4 is 23.4 Å². The summed E-state index contributed by atoms with van der Waals surface area (Å²) in [6.07, 6.45) is -5.67. The smallest absolute Gasteiger partial charge is 0.393 e. The lowest BCUT2D eigenvalue weighted by molar-refractivity contribution is -0.127. The fraction of sp³-hybridized carbons (Fsp3) is 0.300. The number of nitrogens with zero attached hydrogens (tertiary/aromatic N) is 2. The van der Waals surface area contributed by atoms with E-state index >= 15 is 0 Å². The molecule has 0 aromatic heterocycles. The molecule has 0 atom stereocenters. The lowest BCUT2D eigenvalue weighted by Crippen LogP contribution is -2.50. The van der Waals surface area contributed by atoms with Crippen molar-refractivity contribution in [1.29, 1.82) is 0 Å². The van der Waals surface area contributed by atoms with Crippen molar-refractivity contribution in [2.75, 3.05) is 36.4 Å². The van der Waals surface area contributed by atoms with Crippen LogP contribution >= 0.6 is 0 Å². The predicted octanol–water partition coefficient (Wildman–Crippen LogP) is 3.84. The van der Waals surface area contributed by atoms with Gasteiger partial charge in [-0.3, -0.25) is 0 Å². The number of hydrogen-bond acceptors (Lipinski definition) is 3. The molecular weight excluding hydrogens is 387 g/mol. The first kappa shape index (κ1) is 20.5. The van der Waals surface area contributed by atoms with Crippen LogP contribution in [0.2, 0.25) is 0 Å². The number of piperazine rings is 1. The van der Waals surface area contributed by atoms with Crippen LogP contribution in [0.15, 0.2) is 48.5 Å². The molecule has 154 valence electrons. The first-order valence-electron chi connectivity index (χ1n) is 9.02. The first-order chi connectivity index (χ1) is 13.7. The Morgan fingerprint density at radius 3 is 2.24 bits per heavy atom. The highest BCUT2D eigenvalue weighted by Gasteiger charge is 2.31. The van der Waals surface area contributed by atoms with Crippen LogP contribution in [0, 0.1) is 0 Å². The van der Waals surface area contributed by atoms with Crippen LogP contribution in [0.5, 0.6) is 0 Å². The van der Waals surface area contributed by atoms with E-state index in [2.05, 4.69) is 5.32 Å². The Hall–Kier alpha value is -3.23. The van der Waals surface area contributed by atoms with Crippen LogP contribution in [0.1, 0.15) is 15.9 Å². The van der Waals surface area contributed by atoms with Gasteiger partial charge in [0.25, 0.3) is 0 Å². The number of halogens is 3. The van der Waals surface area contributed by atoms with Gasteiger partial charge in [0.15, 0.2) is 0 Å². The molecule has 0 bridgehead atoms. The number of nitrogens with one attached hydrogen (secondary N) is 1. The van der Waals surface area contributed by atoms with Gasteiger partial charge >= 0.3 is 18.2 Å². The molecule has 0 aliphatic carbocycles. The van der Waals surface area contributed by atoms with E-state index in [4.69, 9.17) is 5.11 Å². The van der Waals surface area contributed by atoms with Gasteiger partial charge in [-0.1, -0.05) is 18.2 Å². The largest absolute Gasteiger partial charge is 0.478 e. The third kappa shape index (κ3) is 5.40. The molecule has 0 unspecified atom stereocenters. The molecule has 29 heavy (non-hydrogen) atoms. The quantitative estimate of drug-likeness (QED) is 0.808. The maximum Gasteiger partial charge on any atom is 0.393 e. The summed E-state index contributed by atoms with van der Waals surface area (Å²) in [5.41, 5.74) is 0.737.